The van der Waals surface area contributed by atoms with E-state index in [-0.39, 0.29) is 22.1 Å². The lowest BCUT2D eigenvalue weighted by Gasteiger charge is -2.10. The molecule has 0 atom stereocenters. The minimum atomic E-state index is -4.78. The number of benzene rings is 2. The number of likely N-dealkylation sites (N-methyl/N-ethyl adjacent to an activating group) is 1. The molecule has 2 rings (SSSR count). The van der Waals surface area contributed by atoms with E-state index in [2.05, 4.69) is 4.74 Å². The monoisotopic (exact) mass is 415 g/mol. The predicted octanol–water partition coefficient (Wildman–Crippen LogP) is 3.75. The van der Waals surface area contributed by atoms with Crippen molar-refractivity contribution in [3.8, 4) is 17.2 Å². The van der Waals surface area contributed by atoms with E-state index in [0.29, 0.717) is 0 Å². The van der Waals surface area contributed by atoms with Crippen molar-refractivity contribution in [3.05, 3.63) is 60.0 Å². The molecule has 0 spiro atoms. The topological polar surface area (TPSA) is 72.9 Å². The van der Waals surface area contributed by atoms with Crippen molar-refractivity contribution < 1.29 is 35.9 Å². The number of ether oxygens (including phenoxy) is 2. The number of halogens is 3. The standard InChI is InChI=1S/C18H16F3NO5S/c1-22(2)17(23)11-12-28(24,25)16-9-7-14(8-10-16)26-13-3-5-15(6-4-13)27-18(19,20)21/h3-12H,1-2H3/b12-11+. The highest BCUT2D eigenvalue weighted by molar-refractivity contribution is 7.94. The highest BCUT2D eigenvalue weighted by Gasteiger charge is 2.31. The molecule has 0 aromatic heterocycles. The first-order valence-corrected chi connectivity index (χ1v) is 9.29. The molecule has 0 saturated carbocycles. The molecule has 0 aliphatic heterocycles. The Morgan fingerprint density at radius 1 is 0.929 bits per heavy atom. The number of nitrogens with zero attached hydrogens (tertiary/aromatic N) is 1. The van der Waals surface area contributed by atoms with Gasteiger partial charge in [0.15, 0.2) is 9.84 Å². The van der Waals surface area contributed by atoms with Gasteiger partial charge in [0.05, 0.1) is 4.90 Å². The molecule has 28 heavy (non-hydrogen) atoms. The fourth-order valence-corrected chi connectivity index (χ4v) is 2.89. The largest absolute Gasteiger partial charge is 0.573 e. The quantitative estimate of drug-likeness (QED) is 0.672. The molecule has 2 aromatic carbocycles. The van der Waals surface area contributed by atoms with Crippen molar-refractivity contribution in [3.63, 3.8) is 0 Å². The summed E-state index contributed by atoms with van der Waals surface area (Å²) in [6.07, 6.45) is -3.83. The van der Waals surface area contributed by atoms with Gasteiger partial charge in [-0.3, -0.25) is 4.79 Å². The van der Waals surface area contributed by atoms with Crippen molar-refractivity contribution in [2.45, 2.75) is 11.3 Å². The number of carbonyl (C=O) groups is 1. The zero-order chi connectivity index (χ0) is 20.9. The first-order valence-electron chi connectivity index (χ1n) is 7.74. The van der Waals surface area contributed by atoms with Gasteiger partial charge in [-0.05, 0) is 48.5 Å². The van der Waals surface area contributed by atoms with Crippen LogP contribution < -0.4 is 9.47 Å². The summed E-state index contributed by atoms with van der Waals surface area (Å²) in [5.74, 6) is -0.347. The van der Waals surface area contributed by atoms with Crippen LogP contribution >= 0.6 is 0 Å². The van der Waals surface area contributed by atoms with Gasteiger partial charge in [-0.1, -0.05) is 0 Å². The lowest BCUT2D eigenvalue weighted by molar-refractivity contribution is -0.274. The van der Waals surface area contributed by atoms with E-state index in [1.165, 1.54) is 55.4 Å². The predicted molar refractivity (Wildman–Crippen MR) is 94.7 cm³/mol. The fourth-order valence-electron chi connectivity index (χ4n) is 1.92. The Morgan fingerprint density at radius 2 is 1.39 bits per heavy atom. The summed E-state index contributed by atoms with van der Waals surface area (Å²) in [5.41, 5.74) is 0. The van der Waals surface area contributed by atoms with E-state index in [0.717, 1.165) is 23.6 Å². The summed E-state index contributed by atoms with van der Waals surface area (Å²) in [5, 5.41) is 0.810. The number of amides is 1. The van der Waals surface area contributed by atoms with Crippen LogP contribution in [-0.2, 0) is 14.6 Å². The van der Waals surface area contributed by atoms with E-state index in [1.807, 2.05) is 0 Å². The Balaban J connectivity index is 2.07. The molecule has 0 fully saturated rings. The number of sulfone groups is 1. The smallest absolute Gasteiger partial charge is 0.457 e. The average molecular weight is 415 g/mol. The van der Waals surface area contributed by atoms with Crippen LogP contribution in [0.25, 0.3) is 0 Å². The molecule has 0 bridgehead atoms. The van der Waals surface area contributed by atoms with Gasteiger partial charge in [-0.2, -0.15) is 0 Å². The molecule has 0 unspecified atom stereocenters. The molecule has 0 radical (unpaired) electrons. The lowest BCUT2D eigenvalue weighted by Crippen LogP contribution is -2.19. The van der Waals surface area contributed by atoms with Gasteiger partial charge < -0.3 is 14.4 Å². The minimum absolute atomic E-state index is 0.0448. The summed E-state index contributed by atoms with van der Waals surface area (Å²) in [7, 11) is -0.822. The van der Waals surface area contributed by atoms with Crippen LogP contribution in [0.5, 0.6) is 17.2 Å². The van der Waals surface area contributed by atoms with Crippen molar-refractivity contribution in [2.75, 3.05) is 14.1 Å². The van der Waals surface area contributed by atoms with Gasteiger partial charge in [0.1, 0.15) is 17.2 Å². The highest BCUT2D eigenvalue weighted by atomic mass is 32.2. The summed E-state index contributed by atoms with van der Waals surface area (Å²) in [4.78, 5) is 12.6. The number of hydrogen-bond donors (Lipinski definition) is 0. The van der Waals surface area contributed by atoms with E-state index in [9.17, 15) is 26.4 Å². The van der Waals surface area contributed by atoms with Gasteiger partial charge in [-0.15, -0.1) is 13.2 Å². The van der Waals surface area contributed by atoms with Crippen molar-refractivity contribution >= 4 is 15.7 Å². The molecule has 2 aromatic rings. The molecule has 6 nitrogen and oxygen atoms in total. The number of alkyl halides is 3. The van der Waals surface area contributed by atoms with E-state index >= 15 is 0 Å². The molecule has 0 aliphatic rings. The fraction of sp³-hybridized carbons (Fsp3) is 0.167. The molecular formula is C18H16F3NO5S. The number of carbonyl (C=O) groups excluding carboxylic acids is 1. The van der Waals surface area contributed by atoms with Gasteiger partial charge in [0.25, 0.3) is 0 Å². The van der Waals surface area contributed by atoms with Crippen molar-refractivity contribution in [1.29, 1.82) is 0 Å². The summed E-state index contributed by atoms with van der Waals surface area (Å²) in [6, 6.07) is 10.1. The van der Waals surface area contributed by atoms with Crippen LogP contribution in [0.15, 0.2) is 64.9 Å². The van der Waals surface area contributed by atoms with E-state index < -0.39 is 22.1 Å². The summed E-state index contributed by atoms with van der Waals surface area (Å²) in [6.45, 7) is 0. The van der Waals surface area contributed by atoms with Crippen molar-refractivity contribution in [2.24, 2.45) is 0 Å². The van der Waals surface area contributed by atoms with Gasteiger partial charge in [0.2, 0.25) is 5.91 Å². The Morgan fingerprint density at radius 3 is 1.86 bits per heavy atom. The minimum Gasteiger partial charge on any atom is -0.457 e. The van der Waals surface area contributed by atoms with Gasteiger partial charge in [0, 0.05) is 25.6 Å². The molecular weight excluding hydrogens is 399 g/mol. The van der Waals surface area contributed by atoms with Gasteiger partial charge >= 0.3 is 6.36 Å². The molecule has 0 N–H and O–H groups in total. The van der Waals surface area contributed by atoms with Crippen LogP contribution in [0, 0.1) is 0 Å². The molecule has 1 amide bonds. The maximum atomic E-state index is 12.2. The second kappa shape index (κ2) is 8.34. The Kier molecular flexibility index (Phi) is 6.34. The van der Waals surface area contributed by atoms with Crippen LogP contribution in [-0.4, -0.2) is 39.7 Å². The Labute approximate surface area is 159 Å². The van der Waals surface area contributed by atoms with Crippen molar-refractivity contribution in [1.82, 2.24) is 4.90 Å². The molecule has 0 saturated heterocycles. The van der Waals surface area contributed by atoms with Crippen LogP contribution in [0.3, 0.4) is 0 Å². The third-order valence-corrected chi connectivity index (χ3v) is 4.70. The number of hydrogen-bond acceptors (Lipinski definition) is 5. The summed E-state index contributed by atoms with van der Waals surface area (Å²) >= 11 is 0. The first kappa shape index (κ1) is 21.3. The number of rotatable bonds is 6. The Hall–Kier alpha value is -3.01. The SMILES string of the molecule is CN(C)C(=O)/C=C/S(=O)(=O)c1ccc(Oc2ccc(OC(F)(F)F)cc2)cc1. The third-order valence-electron chi connectivity index (χ3n) is 3.28. The lowest BCUT2D eigenvalue weighted by atomic mass is 10.3. The second-order valence-electron chi connectivity index (χ2n) is 5.67. The molecule has 10 heteroatoms. The van der Waals surface area contributed by atoms with Gasteiger partial charge in [-0.25, -0.2) is 8.42 Å². The second-order valence-corrected chi connectivity index (χ2v) is 7.51. The highest BCUT2D eigenvalue weighted by Crippen LogP contribution is 2.28. The van der Waals surface area contributed by atoms with Crippen LogP contribution in [0.4, 0.5) is 13.2 Å². The van der Waals surface area contributed by atoms with E-state index in [4.69, 9.17) is 4.74 Å². The third kappa shape index (κ3) is 6.31. The first-order chi connectivity index (χ1) is 13.0. The summed E-state index contributed by atoms with van der Waals surface area (Å²) < 4.78 is 70.0. The normalized spacial score (nSPS) is 12.0. The van der Waals surface area contributed by atoms with E-state index in [1.54, 1.807) is 0 Å². The zero-order valence-corrected chi connectivity index (χ0v) is 15.6. The average Bonchev–Trinajstić information content (AvgIpc) is 2.60. The van der Waals surface area contributed by atoms with Crippen LogP contribution in [0.1, 0.15) is 0 Å². The molecule has 0 aliphatic carbocycles. The zero-order valence-electron chi connectivity index (χ0n) is 14.8. The van der Waals surface area contributed by atoms with Crippen LogP contribution in [0.2, 0.25) is 0 Å². The molecule has 0 heterocycles. The maximum absolute atomic E-state index is 12.2. The maximum Gasteiger partial charge on any atom is 0.573 e. The molecule has 150 valence electrons. The Bertz CT molecular complexity index is 950.